The summed E-state index contributed by atoms with van der Waals surface area (Å²) in [4.78, 5) is 30.7. The minimum atomic E-state index is -0.455. The lowest BCUT2D eigenvalue weighted by Crippen LogP contribution is -2.42. The molecule has 0 spiro atoms. The topological polar surface area (TPSA) is 64.1 Å². The summed E-state index contributed by atoms with van der Waals surface area (Å²) in [5, 5.41) is 9.46. The fourth-order valence-corrected chi connectivity index (χ4v) is 4.40. The molecule has 0 aliphatic carbocycles. The van der Waals surface area contributed by atoms with Crippen LogP contribution in [-0.4, -0.2) is 72.1 Å². The van der Waals surface area contributed by atoms with Gasteiger partial charge in [-0.3, -0.25) is 4.79 Å². The van der Waals surface area contributed by atoms with E-state index in [4.69, 9.17) is 0 Å². The number of fused-ring (bicyclic) bond motifs is 1. The second-order valence-electron chi connectivity index (χ2n) is 9.05. The molecule has 0 saturated carbocycles. The van der Waals surface area contributed by atoms with Gasteiger partial charge < -0.3 is 19.8 Å². The van der Waals surface area contributed by atoms with Gasteiger partial charge in [0.15, 0.2) is 0 Å². The van der Waals surface area contributed by atoms with E-state index in [9.17, 15) is 19.1 Å². The van der Waals surface area contributed by atoms with E-state index in [1.807, 2.05) is 29.7 Å². The molecule has 0 bridgehead atoms. The number of aliphatic hydroxyl groups is 1. The number of carbonyl (C=O) groups is 2. The molecular weight excluding hydrogens is 361 g/mol. The Hall–Kier alpha value is -2.15. The molecule has 2 saturated heterocycles. The van der Waals surface area contributed by atoms with E-state index in [1.165, 1.54) is 12.1 Å². The van der Waals surface area contributed by atoms with Gasteiger partial charge in [0, 0.05) is 58.6 Å². The van der Waals surface area contributed by atoms with Crippen LogP contribution in [0.1, 0.15) is 31.9 Å². The minimum absolute atomic E-state index is 0.0249. The predicted molar refractivity (Wildman–Crippen MR) is 104 cm³/mol. The SMILES string of the molecule is CN(C)C(=O)N1C[C@H]2CN(C(=O)CC(C)(C)CO)C[C@H]2[C@@H]1c1cccc(F)c1. The second kappa shape index (κ2) is 7.70. The Morgan fingerprint density at radius 3 is 2.57 bits per heavy atom. The molecule has 3 rings (SSSR count). The number of nitrogens with zero attached hydrogens (tertiary/aromatic N) is 3. The van der Waals surface area contributed by atoms with Gasteiger partial charge in [0.1, 0.15) is 5.82 Å². The maximum Gasteiger partial charge on any atom is 0.320 e. The molecule has 6 nitrogen and oxygen atoms in total. The maximum absolute atomic E-state index is 13.9. The molecular formula is C21H30FN3O3. The Balaban J connectivity index is 1.83. The molecule has 154 valence electrons. The molecule has 0 aromatic heterocycles. The van der Waals surface area contributed by atoms with Gasteiger partial charge in [-0.15, -0.1) is 0 Å². The van der Waals surface area contributed by atoms with Crippen LogP contribution in [0.25, 0.3) is 0 Å². The molecule has 28 heavy (non-hydrogen) atoms. The highest BCUT2D eigenvalue weighted by Gasteiger charge is 2.50. The summed E-state index contributed by atoms with van der Waals surface area (Å²) in [6.45, 7) is 5.38. The van der Waals surface area contributed by atoms with Gasteiger partial charge in [0.05, 0.1) is 6.04 Å². The quantitative estimate of drug-likeness (QED) is 0.857. The molecule has 0 radical (unpaired) electrons. The molecule has 2 aliphatic rings. The standard InChI is InChI=1S/C21H30FN3O3/c1-21(2,13-26)9-18(27)24-10-15-11-25(20(28)23(3)4)19(17(15)12-24)14-6-5-7-16(22)8-14/h5-8,15,17,19,26H,9-13H2,1-4H3/t15-,17-,19+/m1/s1. The van der Waals surface area contributed by atoms with Gasteiger partial charge in [-0.05, 0) is 23.1 Å². The normalized spacial score (nSPS) is 24.4. The first-order valence-electron chi connectivity index (χ1n) is 9.75. The van der Waals surface area contributed by atoms with Crippen LogP contribution >= 0.6 is 0 Å². The van der Waals surface area contributed by atoms with Crippen molar-refractivity contribution in [3.05, 3.63) is 35.6 Å². The van der Waals surface area contributed by atoms with Gasteiger partial charge in [0.2, 0.25) is 5.91 Å². The van der Waals surface area contributed by atoms with E-state index in [1.54, 1.807) is 25.1 Å². The molecule has 1 aromatic rings. The van der Waals surface area contributed by atoms with Crippen LogP contribution in [0, 0.1) is 23.1 Å². The van der Waals surface area contributed by atoms with Gasteiger partial charge in [0.25, 0.3) is 0 Å². The lowest BCUT2D eigenvalue weighted by molar-refractivity contribution is -0.133. The first kappa shape index (κ1) is 20.6. The van der Waals surface area contributed by atoms with Crippen molar-refractivity contribution in [2.24, 2.45) is 17.3 Å². The molecule has 3 amide bonds. The van der Waals surface area contributed by atoms with Crippen LogP contribution in [0.5, 0.6) is 0 Å². The van der Waals surface area contributed by atoms with Crippen LogP contribution < -0.4 is 0 Å². The minimum Gasteiger partial charge on any atom is -0.396 e. The van der Waals surface area contributed by atoms with Crippen LogP contribution in [0.15, 0.2) is 24.3 Å². The summed E-state index contributed by atoms with van der Waals surface area (Å²) in [5.74, 6) is -0.0593. The number of halogens is 1. The highest BCUT2D eigenvalue weighted by Crippen LogP contribution is 2.45. The summed E-state index contributed by atoms with van der Waals surface area (Å²) in [6, 6.07) is 6.06. The smallest absolute Gasteiger partial charge is 0.320 e. The molecule has 2 heterocycles. The van der Waals surface area contributed by atoms with Crippen LogP contribution in [0.2, 0.25) is 0 Å². The lowest BCUT2D eigenvalue weighted by atomic mass is 9.89. The molecule has 3 atom stereocenters. The highest BCUT2D eigenvalue weighted by atomic mass is 19.1. The third-order valence-corrected chi connectivity index (χ3v) is 5.89. The van der Waals surface area contributed by atoms with Crippen molar-refractivity contribution in [2.75, 3.05) is 40.3 Å². The number of aliphatic hydroxyl groups excluding tert-OH is 1. The van der Waals surface area contributed by atoms with E-state index in [-0.39, 0.29) is 48.7 Å². The zero-order valence-corrected chi connectivity index (χ0v) is 17.1. The lowest BCUT2D eigenvalue weighted by Gasteiger charge is -2.32. The fourth-order valence-electron chi connectivity index (χ4n) is 4.40. The number of urea groups is 1. The van der Waals surface area contributed by atoms with Crippen LogP contribution in [0.4, 0.5) is 9.18 Å². The maximum atomic E-state index is 13.9. The first-order chi connectivity index (χ1) is 13.1. The Labute approximate surface area is 165 Å². The van der Waals surface area contributed by atoms with Crippen molar-refractivity contribution in [2.45, 2.75) is 26.3 Å². The molecule has 2 aliphatic heterocycles. The number of likely N-dealkylation sites (tertiary alicyclic amines) is 2. The summed E-state index contributed by atoms with van der Waals surface area (Å²) < 4.78 is 13.9. The van der Waals surface area contributed by atoms with Crippen molar-refractivity contribution in [1.29, 1.82) is 0 Å². The largest absolute Gasteiger partial charge is 0.396 e. The number of hydrogen-bond acceptors (Lipinski definition) is 3. The van der Waals surface area contributed by atoms with Gasteiger partial charge in [-0.1, -0.05) is 26.0 Å². The van der Waals surface area contributed by atoms with Crippen molar-refractivity contribution in [3.8, 4) is 0 Å². The van der Waals surface area contributed by atoms with Crippen molar-refractivity contribution >= 4 is 11.9 Å². The summed E-state index contributed by atoms with van der Waals surface area (Å²) in [7, 11) is 3.43. The highest BCUT2D eigenvalue weighted by molar-refractivity contribution is 5.78. The fraction of sp³-hybridized carbons (Fsp3) is 0.619. The van der Waals surface area contributed by atoms with E-state index in [2.05, 4.69) is 0 Å². The van der Waals surface area contributed by atoms with Gasteiger partial charge in [-0.25, -0.2) is 9.18 Å². The monoisotopic (exact) mass is 391 g/mol. The van der Waals surface area contributed by atoms with Crippen LogP contribution in [-0.2, 0) is 4.79 Å². The molecule has 7 heteroatoms. The second-order valence-corrected chi connectivity index (χ2v) is 9.05. The molecule has 1 aromatic carbocycles. The Morgan fingerprint density at radius 1 is 1.25 bits per heavy atom. The van der Waals surface area contributed by atoms with E-state index in [0.717, 1.165) is 5.56 Å². The summed E-state index contributed by atoms with van der Waals surface area (Å²) >= 11 is 0. The number of benzene rings is 1. The molecule has 2 fully saturated rings. The van der Waals surface area contributed by atoms with E-state index < -0.39 is 5.41 Å². The molecule has 1 N–H and O–H groups in total. The van der Waals surface area contributed by atoms with Crippen molar-refractivity contribution in [1.82, 2.24) is 14.7 Å². The number of amides is 3. The first-order valence-corrected chi connectivity index (χ1v) is 9.75. The number of hydrogen-bond donors (Lipinski definition) is 1. The number of carbonyl (C=O) groups excluding carboxylic acids is 2. The Morgan fingerprint density at radius 2 is 1.96 bits per heavy atom. The van der Waals surface area contributed by atoms with Crippen molar-refractivity contribution in [3.63, 3.8) is 0 Å². The summed E-state index contributed by atoms with van der Waals surface area (Å²) in [5.41, 5.74) is 0.316. The Kier molecular flexibility index (Phi) is 5.66. The predicted octanol–water partition coefficient (Wildman–Crippen LogP) is 2.35. The third kappa shape index (κ3) is 3.99. The number of rotatable bonds is 4. The van der Waals surface area contributed by atoms with E-state index >= 15 is 0 Å². The van der Waals surface area contributed by atoms with Crippen molar-refractivity contribution < 1.29 is 19.1 Å². The zero-order chi connectivity index (χ0) is 20.6. The average molecular weight is 391 g/mol. The van der Waals surface area contributed by atoms with Gasteiger partial charge >= 0.3 is 6.03 Å². The molecule has 0 unspecified atom stereocenters. The summed E-state index contributed by atoms with van der Waals surface area (Å²) in [6.07, 6.45) is 0.286. The Bertz CT molecular complexity index is 752. The third-order valence-electron chi connectivity index (χ3n) is 5.89. The van der Waals surface area contributed by atoms with Crippen LogP contribution in [0.3, 0.4) is 0 Å². The zero-order valence-electron chi connectivity index (χ0n) is 17.1. The van der Waals surface area contributed by atoms with E-state index in [0.29, 0.717) is 19.6 Å². The average Bonchev–Trinajstić information content (AvgIpc) is 3.18. The van der Waals surface area contributed by atoms with Gasteiger partial charge in [-0.2, -0.15) is 0 Å².